The number of nitrogens with one attached hydrogen (secondary N) is 1. The number of nitrogens with zero attached hydrogens (tertiary/aromatic N) is 2. The highest BCUT2D eigenvalue weighted by molar-refractivity contribution is 7.89. The number of fused-ring (bicyclic) bond motifs is 1. The predicted octanol–water partition coefficient (Wildman–Crippen LogP) is 1.80. The lowest BCUT2D eigenvalue weighted by Crippen LogP contribution is -2.24. The van der Waals surface area contributed by atoms with E-state index in [0.717, 1.165) is 0 Å². The summed E-state index contributed by atoms with van der Waals surface area (Å²) in [4.78, 5) is 15.9. The number of sulfonamides is 1. The number of hydrogen-bond acceptors (Lipinski definition) is 5. The quantitative estimate of drug-likeness (QED) is 0.759. The first kappa shape index (κ1) is 16.4. The third-order valence-corrected chi connectivity index (χ3v) is 5.28. The summed E-state index contributed by atoms with van der Waals surface area (Å²) in [5.41, 5.74) is 2.00. The third kappa shape index (κ3) is 2.98. The van der Waals surface area contributed by atoms with Crippen molar-refractivity contribution in [3.8, 4) is 0 Å². The van der Waals surface area contributed by atoms with Crippen molar-refractivity contribution in [2.45, 2.75) is 31.8 Å². The largest absolute Gasteiger partial charge is 0.419 e. The summed E-state index contributed by atoms with van der Waals surface area (Å²) in [6.07, 6.45) is 1.60. The first-order valence-corrected chi connectivity index (χ1v) is 8.94. The molecule has 0 radical (unpaired) electrons. The standard InChI is InChI=1S/C16H17N3O4S/c1-3-19-13-8-11(2)15(9-14(13)23-16(19)20)24(21,22)18-10-12-6-4-5-7-17-12/h4-9,18H,3,10H2,1-2H3. The Balaban J connectivity index is 1.98. The molecular weight excluding hydrogens is 330 g/mol. The normalized spacial score (nSPS) is 11.9. The van der Waals surface area contributed by atoms with Crippen molar-refractivity contribution in [3.63, 3.8) is 0 Å². The molecule has 126 valence electrons. The SMILES string of the molecule is CCn1c(=O)oc2cc(S(=O)(=O)NCc3ccccn3)c(C)cc21. The van der Waals surface area contributed by atoms with Crippen molar-refractivity contribution in [2.75, 3.05) is 0 Å². The van der Waals surface area contributed by atoms with Crippen LogP contribution in [0.4, 0.5) is 0 Å². The Kier molecular flexibility index (Phi) is 4.25. The van der Waals surface area contributed by atoms with Crippen LogP contribution >= 0.6 is 0 Å². The molecule has 8 heteroatoms. The zero-order valence-electron chi connectivity index (χ0n) is 13.3. The van der Waals surface area contributed by atoms with E-state index in [0.29, 0.717) is 23.3 Å². The predicted molar refractivity (Wildman–Crippen MR) is 89.1 cm³/mol. The minimum atomic E-state index is -3.75. The van der Waals surface area contributed by atoms with Gasteiger partial charge in [-0.1, -0.05) is 6.07 Å². The average Bonchev–Trinajstić information content (AvgIpc) is 2.87. The van der Waals surface area contributed by atoms with Gasteiger partial charge >= 0.3 is 5.76 Å². The zero-order valence-corrected chi connectivity index (χ0v) is 14.1. The molecule has 0 aliphatic heterocycles. The van der Waals surface area contributed by atoms with E-state index >= 15 is 0 Å². The molecule has 0 saturated heterocycles. The van der Waals surface area contributed by atoms with Gasteiger partial charge in [-0.3, -0.25) is 9.55 Å². The maximum absolute atomic E-state index is 12.6. The van der Waals surface area contributed by atoms with Crippen molar-refractivity contribution < 1.29 is 12.8 Å². The fraction of sp³-hybridized carbons (Fsp3) is 0.250. The molecule has 24 heavy (non-hydrogen) atoms. The molecule has 1 aromatic carbocycles. The number of aromatic nitrogens is 2. The minimum Gasteiger partial charge on any atom is -0.408 e. The fourth-order valence-corrected chi connectivity index (χ4v) is 3.77. The summed E-state index contributed by atoms with van der Waals surface area (Å²) in [6.45, 7) is 4.05. The Labute approximate surface area is 139 Å². The molecule has 2 heterocycles. The Morgan fingerprint density at radius 2 is 2.08 bits per heavy atom. The molecule has 0 fully saturated rings. The van der Waals surface area contributed by atoms with E-state index in [2.05, 4.69) is 9.71 Å². The fourth-order valence-electron chi connectivity index (χ4n) is 2.53. The van der Waals surface area contributed by atoms with Gasteiger partial charge in [-0.2, -0.15) is 0 Å². The summed E-state index contributed by atoms with van der Waals surface area (Å²) >= 11 is 0. The number of pyridine rings is 1. The number of hydrogen-bond donors (Lipinski definition) is 1. The number of benzene rings is 1. The molecule has 1 N–H and O–H groups in total. The molecule has 0 unspecified atom stereocenters. The van der Waals surface area contributed by atoms with Crippen LogP contribution < -0.4 is 10.5 Å². The number of oxazole rings is 1. The molecule has 0 aliphatic rings. The van der Waals surface area contributed by atoms with Gasteiger partial charge < -0.3 is 4.42 Å². The molecule has 0 spiro atoms. The van der Waals surface area contributed by atoms with Gasteiger partial charge in [0.25, 0.3) is 0 Å². The van der Waals surface area contributed by atoms with Gasteiger partial charge in [-0.15, -0.1) is 0 Å². The number of aryl methyl sites for hydroxylation is 2. The monoisotopic (exact) mass is 347 g/mol. The summed E-state index contributed by atoms with van der Waals surface area (Å²) in [5, 5.41) is 0. The molecule has 0 saturated carbocycles. The van der Waals surface area contributed by atoms with Gasteiger partial charge in [0, 0.05) is 18.8 Å². The Morgan fingerprint density at radius 3 is 2.75 bits per heavy atom. The highest BCUT2D eigenvalue weighted by Gasteiger charge is 2.20. The van der Waals surface area contributed by atoms with Crippen molar-refractivity contribution in [2.24, 2.45) is 0 Å². The first-order valence-electron chi connectivity index (χ1n) is 7.46. The van der Waals surface area contributed by atoms with Crippen LogP contribution in [0.25, 0.3) is 11.1 Å². The van der Waals surface area contributed by atoms with Crippen LogP contribution in [0.15, 0.2) is 50.6 Å². The first-order chi connectivity index (χ1) is 11.4. The smallest absolute Gasteiger partial charge is 0.408 e. The van der Waals surface area contributed by atoms with E-state index in [-0.39, 0.29) is 17.0 Å². The van der Waals surface area contributed by atoms with Crippen LogP contribution in [0, 0.1) is 6.92 Å². The van der Waals surface area contributed by atoms with Gasteiger partial charge in [-0.05, 0) is 37.6 Å². The van der Waals surface area contributed by atoms with Gasteiger partial charge in [0.2, 0.25) is 10.0 Å². The molecule has 0 bridgehead atoms. The molecule has 7 nitrogen and oxygen atoms in total. The summed E-state index contributed by atoms with van der Waals surface area (Å²) in [6, 6.07) is 8.32. The molecular formula is C16H17N3O4S. The molecule has 0 aliphatic carbocycles. The lowest BCUT2D eigenvalue weighted by molar-refractivity contribution is 0.512. The van der Waals surface area contributed by atoms with Crippen LogP contribution in [0.5, 0.6) is 0 Å². The van der Waals surface area contributed by atoms with E-state index in [1.165, 1.54) is 10.6 Å². The maximum atomic E-state index is 12.6. The van der Waals surface area contributed by atoms with E-state index in [1.807, 2.05) is 6.92 Å². The van der Waals surface area contributed by atoms with Gasteiger partial charge in [0.05, 0.1) is 22.7 Å². The highest BCUT2D eigenvalue weighted by Crippen LogP contribution is 2.23. The van der Waals surface area contributed by atoms with Crippen molar-refractivity contribution in [1.29, 1.82) is 0 Å². The van der Waals surface area contributed by atoms with Crippen LogP contribution in [0.3, 0.4) is 0 Å². The second kappa shape index (κ2) is 6.21. The second-order valence-electron chi connectivity index (χ2n) is 5.34. The minimum absolute atomic E-state index is 0.0839. The lowest BCUT2D eigenvalue weighted by atomic mass is 10.2. The van der Waals surface area contributed by atoms with Gasteiger partial charge in [0.15, 0.2) is 5.58 Å². The van der Waals surface area contributed by atoms with Crippen molar-refractivity contribution in [3.05, 3.63) is 58.3 Å². The summed E-state index contributed by atoms with van der Waals surface area (Å²) in [7, 11) is -3.75. The third-order valence-electron chi connectivity index (χ3n) is 3.74. The lowest BCUT2D eigenvalue weighted by Gasteiger charge is -2.09. The molecule has 0 amide bonds. The van der Waals surface area contributed by atoms with Gasteiger partial charge in [-0.25, -0.2) is 17.9 Å². The van der Waals surface area contributed by atoms with Crippen molar-refractivity contribution >= 4 is 21.1 Å². The average molecular weight is 347 g/mol. The van der Waals surface area contributed by atoms with Crippen LogP contribution in [-0.2, 0) is 23.1 Å². The molecule has 0 atom stereocenters. The second-order valence-corrected chi connectivity index (χ2v) is 7.08. The Bertz CT molecular complexity index is 1040. The van der Waals surface area contributed by atoms with Gasteiger partial charge in [0.1, 0.15) is 0 Å². The molecule has 3 rings (SSSR count). The van der Waals surface area contributed by atoms with Crippen LogP contribution in [-0.4, -0.2) is 18.0 Å². The number of rotatable bonds is 5. The summed E-state index contributed by atoms with van der Waals surface area (Å²) < 4.78 is 34.3. The Morgan fingerprint density at radius 1 is 1.29 bits per heavy atom. The Hall–Kier alpha value is -2.45. The highest BCUT2D eigenvalue weighted by atomic mass is 32.2. The van der Waals surface area contributed by atoms with E-state index in [1.54, 1.807) is 37.4 Å². The van der Waals surface area contributed by atoms with Crippen LogP contribution in [0.1, 0.15) is 18.2 Å². The topological polar surface area (TPSA) is 94.2 Å². The van der Waals surface area contributed by atoms with E-state index in [9.17, 15) is 13.2 Å². The summed E-state index contributed by atoms with van der Waals surface area (Å²) in [5.74, 6) is -0.497. The molecule has 3 aromatic rings. The van der Waals surface area contributed by atoms with E-state index in [4.69, 9.17) is 4.42 Å². The van der Waals surface area contributed by atoms with E-state index < -0.39 is 15.8 Å². The van der Waals surface area contributed by atoms with Crippen molar-refractivity contribution in [1.82, 2.24) is 14.3 Å². The zero-order chi connectivity index (χ0) is 17.3. The molecule has 2 aromatic heterocycles. The maximum Gasteiger partial charge on any atom is 0.419 e. The van der Waals surface area contributed by atoms with Crippen LogP contribution in [0.2, 0.25) is 0 Å².